The first-order chi connectivity index (χ1) is 13.9. The Balaban J connectivity index is 3.15. The van der Waals surface area contributed by atoms with Crippen LogP contribution >= 0.6 is 0 Å². The van der Waals surface area contributed by atoms with E-state index in [4.69, 9.17) is 14.2 Å². The summed E-state index contributed by atoms with van der Waals surface area (Å²) >= 11 is 0. The normalized spacial score (nSPS) is 23.5. The fraction of sp³-hybridized carbons (Fsp3) is 0.625. The first-order valence-electron chi connectivity index (χ1n) is 10.5. The Bertz CT molecular complexity index is 726. The minimum atomic E-state index is -0.445. The molecule has 1 aliphatic rings. The summed E-state index contributed by atoms with van der Waals surface area (Å²) in [6.07, 6.45) is 5.46. The van der Waals surface area contributed by atoms with Crippen molar-refractivity contribution in [2.75, 3.05) is 0 Å². The molecule has 0 aromatic heterocycles. The minimum absolute atomic E-state index is 0.0380. The van der Waals surface area contributed by atoms with Crippen LogP contribution in [-0.2, 0) is 28.6 Å². The van der Waals surface area contributed by atoms with Crippen LogP contribution in [0, 0.1) is 11.8 Å². The summed E-state index contributed by atoms with van der Waals surface area (Å²) in [6, 6.07) is 0. The Morgan fingerprint density at radius 2 is 1.73 bits per heavy atom. The summed E-state index contributed by atoms with van der Waals surface area (Å²) in [5.41, 5.74) is 2.46. The smallest absolute Gasteiger partial charge is 0.333 e. The molecule has 0 heterocycles. The first kappa shape index (κ1) is 25.7. The maximum atomic E-state index is 12.4. The lowest BCUT2D eigenvalue weighted by molar-refractivity contribution is -0.152. The van der Waals surface area contributed by atoms with Gasteiger partial charge >= 0.3 is 17.9 Å². The van der Waals surface area contributed by atoms with E-state index in [2.05, 4.69) is 0 Å². The van der Waals surface area contributed by atoms with Crippen molar-refractivity contribution < 1.29 is 28.6 Å². The van der Waals surface area contributed by atoms with E-state index in [1.165, 1.54) is 13.8 Å². The van der Waals surface area contributed by atoms with Gasteiger partial charge in [0.15, 0.2) is 0 Å². The SMILES string of the molecule is C/C=C(/C)C(=O)O[C@@H]1C=C(C)[C@H](OC(C)=O)C[C@H]1[C@@H](C)C[C@@H](C=C(C)C)OC(C)=O. The van der Waals surface area contributed by atoms with Gasteiger partial charge in [-0.1, -0.05) is 18.6 Å². The van der Waals surface area contributed by atoms with Crippen LogP contribution in [0.5, 0.6) is 0 Å². The van der Waals surface area contributed by atoms with E-state index in [9.17, 15) is 14.4 Å². The predicted molar refractivity (Wildman–Crippen MR) is 115 cm³/mol. The summed E-state index contributed by atoms with van der Waals surface area (Å²) in [5, 5.41) is 0. The lowest BCUT2D eigenvalue weighted by Crippen LogP contribution is -2.39. The van der Waals surface area contributed by atoms with E-state index in [1.54, 1.807) is 19.9 Å². The van der Waals surface area contributed by atoms with Crippen molar-refractivity contribution in [2.45, 2.75) is 86.5 Å². The summed E-state index contributed by atoms with van der Waals surface area (Å²) in [7, 11) is 0. The van der Waals surface area contributed by atoms with Crippen LogP contribution in [0.2, 0.25) is 0 Å². The zero-order valence-corrected chi connectivity index (χ0v) is 19.5. The highest BCUT2D eigenvalue weighted by Crippen LogP contribution is 2.36. The zero-order valence-electron chi connectivity index (χ0n) is 19.5. The molecule has 0 aliphatic heterocycles. The second-order valence-corrected chi connectivity index (χ2v) is 8.35. The Morgan fingerprint density at radius 3 is 2.23 bits per heavy atom. The molecule has 0 saturated carbocycles. The third-order valence-electron chi connectivity index (χ3n) is 5.32. The van der Waals surface area contributed by atoms with Crippen molar-refractivity contribution >= 4 is 17.9 Å². The van der Waals surface area contributed by atoms with Gasteiger partial charge in [-0.05, 0) is 71.1 Å². The van der Waals surface area contributed by atoms with Crippen LogP contribution < -0.4 is 0 Å². The van der Waals surface area contributed by atoms with Gasteiger partial charge in [0.2, 0.25) is 0 Å². The number of hydrogen-bond acceptors (Lipinski definition) is 6. The molecule has 0 fully saturated rings. The fourth-order valence-electron chi connectivity index (χ4n) is 3.69. The van der Waals surface area contributed by atoms with Gasteiger partial charge in [-0.15, -0.1) is 0 Å². The highest BCUT2D eigenvalue weighted by atomic mass is 16.6. The van der Waals surface area contributed by atoms with Crippen LogP contribution in [-0.4, -0.2) is 36.2 Å². The predicted octanol–water partition coefficient (Wildman–Crippen LogP) is 4.69. The van der Waals surface area contributed by atoms with Gasteiger partial charge in [-0.2, -0.15) is 0 Å². The second-order valence-electron chi connectivity index (χ2n) is 8.35. The number of hydrogen-bond donors (Lipinski definition) is 0. The van der Waals surface area contributed by atoms with Crippen molar-refractivity contribution in [3.8, 4) is 0 Å². The summed E-state index contributed by atoms with van der Waals surface area (Å²) < 4.78 is 16.8. The van der Waals surface area contributed by atoms with E-state index in [0.29, 0.717) is 18.4 Å². The first-order valence-corrected chi connectivity index (χ1v) is 10.5. The molecule has 30 heavy (non-hydrogen) atoms. The Hall–Kier alpha value is -2.37. The van der Waals surface area contributed by atoms with Crippen molar-refractivity contribution in [1.29, 1.82) is 0 Å². The molecule has 0 N–H and O–H groups in total. The third-order valence-corrected chi connectivity index (χ3v) is 5.32. The van der Waals surface area contributed by atoms with E-state index in [0.717, 1.165) is 11.1 Å². The molecule has 0 aromatic carbocycles. The molecule has 1 rings (SSSR count). The topological polar surface area (TPSA) is 78.9 Å². The molecule has 0 unspecified atom stereocenters. The van der Waals surface area contributed by atoms with Crippen molar-refractivity contribution in [3.05, 3.63) is 34.9 Å². The van der Waals surface area contributed by atoms with Gasteiger partial charge in [0.25, 0.3) is 0 Å². The molecule has 0 saturated heterocycles. The van der Waals surface area contributed by atoms with Gasteiger partial charge in [0.05, 0.1) is 0 Å². The average molecular weight is 421 g/mol. The highest BCUT2D eigenvalue weighted by molar-refractivity contribution is 5.87. The van der Waals surface area contributed by atoms with Crippen molar-refractivity contribution in [3.63, 3.8) is 0 Å². The number of carbonyl (C=O) groups is 3. The number of allylic oxidation sites excluding steroid dienone is 2. The molecule has 6 heteroatoms. The maximum absolute atomic E-state index is 12.4. The average Bonchev–Trinajstić information content (AvgIpc) is 2.61. The van der Waals surface area contributed by atoms with E-state index in [-0.39, 0.29) is 42.0 Å². The zero-order chi connectivity index (χ0) is 23.0. The largest absolute Gasteiger partial charge is 0.458 e. The van der Waals surface area contributed by atoms with Crippen molar-refractivity contribution in [2.24, 2.45) is 11.8 Å². The summed E-state index contributed by atoms with van der Waals surface area (Å²) in [5.74, 6) is -1.10. The Labute approximate surface area is 180 Å². The van der Waals surface area contributed by atoms with Crippen LogP contribution in [0.25, 0.3) is 0 Å². The lowest BCUT2D eigenvalue weighted by atomic mass is 9.76. The molecule has 0 radical (unpaired) electrons. The molecule has 0 amide bonds. The van der Waals surface area contributed by atoms with Gasteiger partial charge in [0, 0.05) is 25.3 Å². The van der Waals surface area contributed by atoms with Crippen LogP contribution in [0.4, 0.5) is 0 Å². The minimum Gasteiger partial charge on any atom is -0.458 e. The second kappa shape index (κ2) is 11.7. The Morgan fingerprint density at radius 1 is 1.10 bits per heavy atom. The molecule has 1 aliphatic carbocycles. The maximum Gasteiger partial charge on any atom is 0.333 e. The van der Waals surface area contributed by atoms with Gasteiger partial charge < -0.3 is 14.2 Å². The van der Waals surface area contributed by atoms with E-state index < -0.39 is 6.10 Å². The highest BCUT2D eigenvalue weighted by Gasteiger charge is 2.37. The van der Waals surface area contributed by atoms with Crippen LogP contribution in [0.1, 0.15) is 68.2 Å². The van der Waals surface area contributed by atoms with Crippen LogP contribution in [0.3, 0.4) is 0 Å². The Kier molecular flexibility index (Phi) is 10.0. The lowest BCUT2D eigenvalue weighted by Gasteiger charge is -2.37. The molecule has 0 spiro atoms. The van der Waals surface area contributed by atoms with Crippen molar-refractivity contribution in [1.82, 2.24) is 0 Å². The van der Waals surface area contributed by atoms with Gasteiger partial charge in [-0.25, -0.2) is 4.79 Å². The molecule has 6 nitrogen and oxygen atoms in total. The standard InChI is InChI=1S/C24H36O6/c1-9-15(4)24(27)30-23-12-17(6)22(29-19(8)26)13-21(23)16(5)11-20(10-14(2)3)28-18(7)25/h9-10,12,16,20-23H,11,13H2,1-8H3/b15-9-/t16-,20+,21-,22+,23+/m0/s1. The van der Waals surface area contributed by atoms with Crippen LogP contribution in [0.15, 0.2) is 34.9 Å². The quantitative estimate of drug-likeness (QED) is 0.245. The fourth-order valence-corrected chi connectivity index (χ4v) is 3.69. The summed E-state index contributed by atoms with van der Waals surface area (Å²) in [6.45, 7) is 14.1. The number of rotatable bonds is 8. The summed E-state index contributed by atoms with van der Waals surface area (Å²) in [4.78, 5) is 35.5. The van der Waals surface area contributed by atoms with Gasteiger partial charge in [0.1, 0.15) is 18.3 Å². The van der Waals surface area contributed by atoms with E-state index in [1.807, 2.05) is 39.8 Å². The molecule has 0 bridgehead atoms. The number of carbonyl (C=O) groups excluding carboxylic acids is 3. The molecular formula is C24H36O6. The molecule has 0 aromatic rings. The van der Waals surface area contributed by atoms with E-state index >= 15 is 0 Å². The molecular weight excluding hydrogens is 384 g/mol. The third kappa shape index (κ3) is 8.17. The van der Waals surface area contributed by atoms with Gasteiger partial charge in [-0.3, -0.25) is 9.59 Å². The molecule has 168 valence electrons. The number of ether oxygens (including phenoxy) is 3. The molecule has 5 atom stereocenters. The monoisotopic (exact) mass is 420 g/mol. The number of esters is 3.